The summed E-state index contributed by atoms with van der Waals surface area (Å²) in [4.78, 5) is 23.5. The number of ether oxygens (including phenoxy) is 2. The van der Waals surface area contributed by atoms with E-state index in [0.29, 0.717) is 41.1 Å². The van der Waals surface area contributed by atoms with Gasteiger partial charge in [0, 0.05) is 30.0 Å². The predicted molar refractivity (Wildman–Crippen MR) is 104 cm³/mol. The Morgan fingerprint density at radius 1 is 1.07 bits per heavy atom. The number of nitro groups is 1. The molecule has 1 aliphatic heterocycles. The molecular formula is C22H19NO5. The van der Waals surface area contributed by atoms with E-state index >= 15 is 0 Å². The van der Waals surface area contributed by atoms with E-state index in [2.05, 4.69) is 0 Å². The van der Waals surface area contributed by atoms with Gasteiger partial charge in [0.15, 0.2) is 11.5 Å². The molecule has 0 atom stereocenters. The van der Waals surface area contributed by atoms with Crippen LogP contribution in [0.25, 0.3) is 11.3 Å². The first kappa shape index (κ1) is 18.0. The van der Waals surface area contributed by atoms with Crippen LogP contribution in [0.3, 0.4) is 0 Å². The highest BCUT2D eigenvalue weighted by atomic mass is 16.7. The summed E-state index contributed by atoms with van der Waals surface area (Å²) in [6.07, 6.45) is 4.30. The number of Topliss-reactive ketones (excluding diaryl/α,β-unsaturated/α-hetero) is 1. The van der Waals surface area contributed by atoms with E-state index in [1.165, 1.54) is 6.07 Å². The maximum absolute atomic E-state index is 12.2. The summed E-state index contributed by atoms with van der Waals surface area (Å²) >= 11 is 0. The van der Waals surface area contributed by atoms with Crippen LogP contribution in [-0.2, 0) is 20.7 Å². The van der Waals surface area contributed by atoms with Crippen LogP contribution >= 0.6 is 0 Å². The molecule has 0 bridgehead atoms. The van der Waals surface area contributed by atoms with Gasteiger partial charge < -0.3 is 9.47 Å². The van der Waals surface area contributed by atoms with Crippen LogP contribution in [0.1, 0.15) is 36.0 Å². The van der Waals surface area contributed by atoms with Crippen molar-refractivity contribution in [1.82, 2.24) is 0 Å². The van der Waals surface area contributed by atoms with Gasteiger partial charge in [-0.2, -0.15) is 0 Å². The van der Waals surface area contributed by atoms with Gasteiger partial charge in [-0.05, 0) is 24.5 Å². The zero-order valence-corrected chi connectivity index (χ0v) is 15.2. The molecule has 2 aliphatic rings. The summed E-state index contributed by atoms with van der Waals surface area (Å²) in [6.45, 7) is 0.0800. The second-order valence-electron chi connectivity index (χ2n) is 6.74. The van der Waals surface area contributed by atoms with Crippen LogP contribution in [0.15, 0.2) is 60.4 Å². The molecule has 0 saturated carbocycles. The fourth-order valence-corrected chi connectivity index (χ4v) is 3.53. The van der Waals surface area contributed by atoms with Crippen LogP contribution in [0.4, 0.5) is 5.69 Å². The highest BCUT2D eigenvalue weighted by molar-refractivity contribution is 6.22. The first-order valence-electron chi connectivity index (χ1n) is 9.18. The topological polar surface area (TPSA) is 78.7 Å². The number of benzene rings is 2. The van der Waals surface area contributed by atoms with Gasteiger partial charge in [0.1, 0.15) is 5.76 Å². The summed E-state index contributed by atoms with van der Waals surface area (Å²) in [5.41, 5.74) is 2.34. The van der Waals surface area contributed by atoms with Crippen molar-refractivity contribution in [2.75, 3.05) is 6.79 Å². The SMILES string of the molecule is O=C1CCCC=C1c1ccc(C2=C(Cc3ccccc3)OCO2)cc1[N+](=O)[O-]. The molecule has 0 unspecified atom stereocenters. The number of hydrogen-bond acceptors (Lipinski definition) is 5. The third kappa shape index (κ3) is 3.53. The van der Waals surface area contributed by atoms with Crippen molar-refractivity contribution in [3.63, 3.8) is 0 Å². The lowest BCUT2D eigenvalue weighted by Gasteiger charge is -2.13. The quantitative estimate of drug-likeness (QED) is 0.560. The first-order valence-corrected chi connectivity index (χ1v) is 9.18. The fraction of sp³-hybridized carbons (Fsp3) is 0.227. The van der Waals surface area contributed by atoms with Gasteiger partial charge in [0.2, 0.25) is 6.79 Å². The van der Waals surface area contributed by atoms with Gasteiger partial charge in [-0.3, -0.25) is 14.9 Å². The second-order valence-corrected chi connectivity index (χ2v) is 6.74. The van der Waals surface area contributed by atoms with Crippen LogP contribution in [0.5, 0.6) is 0 Å². The Labute approximate surface area is 162 Å². The van der Waals surface area contributed by atoms with Crippen molar-refractivity contribution in [3.05, 3.63) is 87.2 Å². The van der Waals surface area contributed by atoms with Crippen molar-refractivity contribution >= 4 is 22.8 Å². The van der Waals surface area contributed by atoms with Gasteiger partial charge in [0.25, 0.3) is 5.69 Å². The first-order chi connectivity index (χ1) is 13.6. The lowest BCUT2D eigenvalue weighted by molar-refractivity contribution is -0.385. The Hall–Kier alpha value is -3.41. The average molecular weight is 377 g/mol. The molecule has 0 radical (unpaired) electrons. The maximum atomic E-state index is 12.2. The zero-order valence-electron chi connectivity index (χ0n) is 15.2. The molecule has 0 amide bonds. The Kier molecular flexibility index (Phi) is 4.93. The standard InChI is InChI=1S/C22H19NO5/c24-20-9-5-4-8-18(20)17-11-10-16(13-19(17)23(25)26)22-21(27-14-28-22)12-15-6-2-1-3-7-15/h1-3,6-8,10-11,13H,4-5,9,12,14H2. The average Bonchev–Trinajstić information content (AvgIpc) is 3.17. The van der Waals surface area contributed by atoms with Gasteiger partial charge in [-0.1, -0.05) is 42.5 Å². The molecule has 1 aliphatic carbocycles. The number of nitrogens with zero attached hydrogens (tertiary/aromatic N) is 1. The molecule has 0 spiro atoms. The minimum absolute atomic E-state index is 0.0495. The number of carbonyl (C=O) groups excluding carboxylic acids is 1. The molecule has 6 heteroatoms. The van der Waals surface area contributed by atoms with Crippen LogP contribution < -0.4 is 0 Å². The minimum atomic E-state index is -0.450. The highest BCUT2D eigenvalue weighted by Crippen LogP contribution is 2.36. The normalized spacial score (nSPS) is 16.4. The molecule has 2 aromatic rings. The molecule has 0 aromatic heterocycles. The largest absolute Gasteiger partial charge is 0.458 e. The van der Waals surface area contributed by atoms with Crippen molar-refractivity contribution in [2.24, 2.45) is 0 Å². The predicted octanol–water partition coefficient (Wildman–Crippen LogP) is 4.65. The molecular weight excluding hydrogens is 358 g/mol. The summed E-state index contributed by atoms with van der Waals surface area (Å²) in [6, 6.07) is 14.6. The number of ketones is 1. The number of hydrogen-bond donors (Lipinski definition) is 0. The van der Waals surface area contributed by atoms with Crippen molar-refractivity contribution in [1.29, 1.82) is 0 Å². The lowest BCUT2D eigenvalue weighted by Crippen LogP contribution is -2.08. The number of allylic oxidation sites excluding steroid dienone is 3. The smallest absolute Gasteiger partial charge is 0.278 e. The molecule has 4 rings (SSSR count). The van der Waals surface area contributed by atoms with Gasteiger partial charge in [-0.15, -0.1) is 0 Å². The Morgan fingerprint density at radius 2 is 1.89 bits per heavy atom. The van der Waals surface area contributed by atoms with E-state index in [1.807, 2.05) is 30.3 Å². The summed E-state index contributed by atoms with van der Waals surface area (Å²) in [5, 5.41) is 11.7. The Bertz CT molecular complexity index is 991. The Balaban J connectivity index is 1.73. The van der Waals surface area contributed by atoms with Crippen LogP contribution in [-0.4, -0.2) is 17.5 Å². The highest BCUT2D eigenvalue weighted by Gasteiger charge is 2.27. The molecule has 2 aromatic carbocycles. The Morgan fingerprint density at radius 3 is 2.64 bits per heavy atom. The minimum Gasteiger partial charge on any atom is -0.458 e. The van der Waals surface area contributed by atoms with Gasteiger partial charge in [0.05, 0.1) is 10.5 Å². The van der Waals surface area contributed by atoms with E-state index in [-0.39, 0.29) is 18.3 Å². The number of rotatable bonds is 5. The molecule has 0 saturated heterocycles. The molecule has 0 N–H and O–H groups in total. The molecule has 142 valence electrons. The van der Waals surface area contributed by atoms with Gasteiger partial charge in [-0.25, -0.2) is 0 Å². The fourth-order valence-electron chi connectivity index (χ4n) is 3.53. The van der Waals surface area contributed by atoms with Crippen molar-refractivity contribution in [2.45, 2.75) is 25.7 Å². The van der Waals surface area contributed by atoms with Crippen LogP contribution in [0, 0.1) is 10.1 Å². The van der Waals surface area contributed by atoms with E-state index in [4.69, 9.17) is 9.47 Å². The van der Waals surface area contributed by atoms with E-state index < -0.39 is 4.92 Å². The van der Waals surface area contributed by atoms with E-state index in [0.717, 1.165) is 18.4 Å². The second kappa shape index (κ2) is 7.68. The van der Waals surface area contributed by atoms with E-state index in [1.54, 1.807) is 18.2 Å². The van der Waals surface area contributed by atoms with Crippen molar-refractivity contribution < 1.29 is 19.2 Å². The number of carbonyl (C=O) groups is 1. The van der Waals surface area contributed by atoms with Gasteiger partial charge >= 0.3 is 0 Å². The summed E-state index contributed by atoms with van der Waals surface area (Å²) < 4.78 is 11.2. The number of nitro benzene ring substituents is 1. The third-order valence-electron chi connectivity index (χ3n) is 4.90. The maximum Gasteiger partial charge on any atom is 0.278 e. The third-order valence-corrected chi connectivity index (χ3v) is 4.90. The molecule has 0 fully saturated rings. The molecule has 6 nitrogen and oxygen atoms in total. The lowest BCUT2D eigenvalue weighted by atomic mass is 9.90. The summed E-state index contributed by atoms with van der Waals surface area (Å²) in [5.74, 6) is 1.09. The van der Waals surface area contributed by atoms with Crippen molar-refractivity contribution in [3.8, 4) is 0 Å². The zero-order chi connectivity index (χ0) is 19.5. The summed E-state index contributed by atoms with van der Waals surface area (Å²) in [7, 11) is 0. The monoisotopic (exact) mass is 377 g/mol. The van der Waals surface area contributed by atoms with E-state index in [9.17, 15) is 14.9 Å². The molecule has 28 heavy (non-hydrogen) atoms. The molecule has 1 heterocycles. The van der Waals surface area contributed by atoms with Crippen LogP contribution in [0.2, 0.25) is 0 Å².